The molecule has 10 bridgehead atoms. The van der Waals surface area contributed by atoms with Crippen LogP contribution in [0.2, 0.25) is 0 Å². The van der Waals surface area contributed by atoms with Gasteiger partial charge in [0.25, 0.3) is 0 Å². The van der Waals surface area contributed by atoms with E-state index in [2.05, 4.69) is 40.9 Å². The second-order valence-electron chi connectivity index (χ2n) is 26.3. The van der Waals surface area contributed by atoms with Gasteiger partial charge in [0.15, 0.2) is 17.4 Å². The van der Waals surface area contributed by atoms with E-state index in [-0.39, 0.29) is 152 Å². The average molecular weight is 1070 g/mol. The molecule has 17 nitrogen and oxygen atoms in total. The van der Waals surface area contributed by atoms with E-state index in [0.717, 1.165) is 81.8 Å². The van der Waals surface area contributed by atoms with E-state index in [9.17, 15) is 9.90 Å². The maximum absolute atomic E-state index is 14.5. The van der Waals surface area contributed by atoms with Crippen molar-refractivity contribution in [3.8, 4) is 0 Å². The van der Waals surface area contributed by atoms with E-state index in [0.29, 0.717) is 51.4 Å². The zero-order valence-electron chi connectivity index (χ0n) is 45.8. The van der Waals surface area contributed by atoms with Crippen LogP contribution in [0.3, 0.4) is 0 Å². The lowest BCUT2D eigenvalue weighted by Crippen LogP contribution is -2.61. The fourth-order valence-electron chi connectivity index (χ4n) is 17.0. The topological polar surface area (TPSA) is 193 Å². The van der Waals surface area contributed by atoms with Crippen molar-refractivity contribution in [1.82, 2.24) is 0 Å². The molecule has 13 saturated heterocycles. The van der Waals surface area contributed by atoms with Crippen LogP contribution in [-0.4, -0.2) is 170 Å². The van der Waals surface area contributed by atoms with Crippen LogP contribution in [0, 0.1) is 23.7 Å². The summed E-state index contributed by atoms with van der Waals surface area (Å²) in [6, 6.07) is 0. The molecule has 7 unspecified atom stereocenters. The van der Waals surface area contributed by atoms with Gasteiger partial charge in [-0.25, -0.2) is 0 Å². The first-order chi connectivity index (χ1) is 36.6. The van der Waals surface area contributed by atoms with Crippen molar-refractivity contribution < 1.29 is 76.2 Å². The zero-order valence-corrected chi connectivity index (χ0v) is 45.8. The molecule has 0 aromatic rings. The molecule has 0 radical (unpaired) electrons. The van der Waals surface area contributed by atoms with Gasteiger partial charge in [0, 0.05) is 83.8 Å². The predicted octanol–water partition coefficient (Wildman–Crippen LogP) is 6.79. The first kappa shape index (κ1) is 53.6. The summed E-state index contributed by atoms with van der Waals surface area (Å²) in [6.45, 7) is 18.2. The molecule has 0 aromatic heterocycles. The normalized spacial score (nSPS) is 54.6. The molecule has 13 aliphatic rings. The second kappa shape index (κ2) is 21.0. The molecule has 0 aromatic carbocycles. The second-order valence-corrected chi connectivity index (χ2v) is 26.3. The van der Waals surface area contributed by atoms with Gasteiger partial charge in [-0.3, -0.25) is 4.79 Å². The van der Waals surface area contributed by atoms with Gasteiger partial charge in [0.1, 0.15) is 12.2 Å². The number of ether oxygens (including phenoxy) is 14. The minimum Gasteiger partial charge on any atom is -0.459 e. The molecular formula is C59H89NO16. The lowest BCUT2D eigenvalue weighted by atomic mass is 9.79. The molecule has 13 heterocycles. The molecule has 17 heteroatoms. The van der Waals surface area contributed by atoms with Crippen LogP contribution >= 0.6 is 0 Å². The lowest BCUT2D eigenvalue weighted by molar-refractivity contribution is -0.337. The lowest BCUT2D eigenvalue weighted by Gasteiger charge is -2.51. The van der Waals surface area contributed by atoms with E-state index in [4.69, 9.17) is 72.0 Å². The highest BCUT2D eigenvalue weighted by Gasteiger charge is 2.61. The van der Waals surface area contributed by atoms with Crippen molar-refractivity contribution in [3.63, 3.8) is 0 Å². The highest BCUT2D eigenvalue weighted by molar-refractivity contribution is 5.70. The summed E-state index contributed by atoms with van der Waals surface area (Å²) in [5.41, 5.74) is 8.13. The van der Waals surface area contributed by atoms with E-state index in [1.807, 2.05) is 0 Å². The fraction of sp³-hybridized carbons (Fsp3) is 0.915. The molecule has 0 saturated carbocycles. The first-order valence-corrected chi connectivity index (χ1v) is 30.0. The Balaban J connectivity index is 0.707. The summed E-state index contributed by atoms with van der Waals surface area (Å²) in [5.74, 6) is -2.34. The summed E-state index contributed by atoms with van der Waals surface area (Å²) in [4.78, 5) is 14.5. The fourth-order valence-corrected chi connectivity index (χ4v) is 17.0. The number of nitrogens with two attached hydrogens (primary N) is 1. The molecule has 13 aliphatic heterocycles. The summed E-state index contributed by atoms with van der Waals surface area (Å²) in [5, 5.41) is 10.8. The van der Waals surface area contributed by atoms with Crippen molar-refractivity contribution >= 4 is 5.97 Å². The minimum atomic E-state index is -0.835. The molecule has 426 valence electrons. The third-order valence-electron chi connectivity index (χ3n) is 21.1. The van der Waals surface area contributed by atoms with Crippen molar-refractivity contribution in [2.24, 2.45) is 29.4 Å². The largest absolute Gasteiger partial charge is 0.459 e. The van der Waals surface area contributed by atoms with Crippen molar-refractivity contribution in [1.29, 1.82) is 0 Å². The Morgan fingerprint density at radius 1 is 0.618 bits per heavy atom. The molecule has 13 fully saturated rings. The molecule has 76 heavy (non-hydrogen) atoms. The van der Waals surface area contributed by atoms with Crippen LogP contribution in [0.1, 0.15) is 156 Å². The summed E-state index contributed by atoms with van der Waals surface area (Å²) >= 11 is 0. The standard InChI is InChI=1S/C59H89NO16/c1-29-18-35-8-10-39-30(2)19-37(64-39)12-15-57-16-14-41(73-57)44-23-49(75-57)56-42(67-44)11-9-36(66-56)20-52(62)71-55-34(6)54-47(68-46(55)22-43(65-35)33(29)5)24-45-50(69-54)27-58(74-45)17-13-40(72-58)31(3)25-59(63-7)26-32(4)53-48(76-59)21-38(61)51(28-60)70-53/h29,31-32,34-51,53-56,61H,2,5,8-28,60H2,1,3-4,6-7H3/t29-,31+,32+,34+,35+,36-,37?,38-,39+,40?,41?,42+,43?,44-,45-,46+,47+,48?,49-,50-,51?,53?,54+,55-,56+,57+,58+,59-/m1/s1. The van der Waals surface area contributed by atoms with Gasteiger partial charge >= 0.3 is 5.97 Å². The van der Waals surface area contributed by atoms with Gasteiger partial charge in [-0.15, -0.1) is 0 Å². The monoisotopic (exact) mass is 1070 g/mol. The van der Waals surface area contributed by atoms with Gasteiger partial charge in [-0.1, -0.05) is 40.9 Å². The Hall–Kier alpha value is -1.65. The number of aliphatic hydroxyl groups excluding tert-OH is 1. The number of esters is 1. The van der Waals surface area contributed by atoms with Crippen LogP contribution in [0.4, 0.5) is 0 Å². The number of hydrogen-bond donors (Lipinski definition) is 2. The number of methoxy groups -OCH3 is 1. The van der Waals surface area contributed by atoms with Gasteiger partial charge in [-0.2, -0.15) is 0 Å². The van der Waals surface area contributed by atoms with Crippen LogP contribution < -0.4 is 5.73 Å². The van der Waals surface area contributed by atoms with Crippen LogP contribution in [0.5, 0.6) is 0 Å². The van der Waals surface area contributed by atoms with Gasteiger partial charge in [0.2, 0.25) is 0 Å². The van der Waals surface area contributed by atoms with Crippen LogP contribution in [0.25, 0.3) is 0 Å². The number of hydrogen-bond acceptors (Lipinski definition) is 17. The van der Waals surface area contributed by atoms with Crippen molar-refractivity contribution in [2.45, 2.75) is 302 Å². The highest BCUT2D eigenvalue weighted by atomic mass is 16.7. The summed E-state index contributed by atoms with van der Waals surface area (Å²) < 4.78 is 95.5. The highest BCUT2D eigenvalue weighted by Crippen LogP contribution is 2.53. The Morgan fingerprint density at radius 3 is 2.18 bits per heavy atom. The molecule has 0 amide bonds. The number of fused-ring (bicyclic) bond motifs is 12. The number of rotatable bonds is 5. The van der Waals surface area contributed by atoms with Crippen LogP contribution in [0.15, 0.2) is 24.3 Å². The van der Waals surface area contributed by atoms with Crippen molar-refractivity contribution in [3.05, 3.63) is 24.3 Å². The smallest absolute Gasteiger partial charge is 0.308 e. The Labute approximate surface area is 449 Å². The van der Waals surface area contributed by atoms with Crippen LogP contribution in [-0.2, 0) is 71.1 Å². The molecule has 2 spiro atoms. The predicted molar refractivity (Wildman–Crippen MR) is 272 cm³/mol. The number of carbonyl (C=O) groups excluding carboxylic acids is 1. The van der Waals surface area contributed by atoms with Crippen molar-refractivity contribution in [2.75, 3.05) is 13.7 Å². The maximum Gasteiger partial charge on any atom is 0.308 e. The first-order valence-electron chi connectivity index (χ1n) is 30.0. The van der Waals surface area contributed by atoms with E-state index in [1.54, 1.807) is 7.11 Å². The Kier molecular flexibility index (Phi) is 14.8. The van der Waals surface area contributed by atoms with E-state index >= 15 is 0 Å². The number of aliphatic hydroxyl groups is 1. The third-order valence-corrected chi connectivity index (χ3v) is 21.1. The van der Waals surface area contributed by atoms with E-state index < -0.39 is 35.7 Å². The minimum absolute atomic E-state index is 0.00417. The summed E-state index contributed by atoms with van der Waals surface area (Å²) in [6.07, 6.45) is 9.10. The average Bonchev–Trinajstić information content (AvgIpc) is 4.24. The SMILES string of the molecule is C=C1C2C[C@@H]3O[C@H]4C[C@H]5O[C@@]6(CCC([C@@H](C)C[C@]7(OC)C[C@H](C)C8OC(CN)[C@H](O)CC8O7)O6)C[C@H]5O[C@H]4[C@H](C)[C@H]3OC(=O)C[C@H]3CC[C@@H]4O[C@@H]5C[C@@H](O[C@@]6(CCC7CC(=C)[C@H](CC[C@@H](C[C@H]1C)O2)O7)CCC5O6)[C@H]4O3. The zero-order chi connectivity index (χ0) is 52.4. The molecule has 28 atom stereocenters. The van der Waals surface area contributed by atoms with Gasteiger partial charge < -0.3 is 77.2 Å². The Bertz CT molecular complexity index is 2150. The Morgan fingerprint density at radius 2 is 1.34 bits per heavy atom. The molecule has 3 N–H and O–H groups in total. The quantitative estimate of drug-likeness (QED) is 0.216. The maximum atomic E-state index is 14.5. The summed E-state index contributed by atoms with van der Waals surface area (Å²) in [7, 11) is 1.72. The van der Waals surface area contributed by atoms with Gasteiger partial charge in [0.05, 0.1) is 122 Å². The molecule has 13 rings (SSSR count). The molecular weight excluding hydrogens is 979 g/mol. The molecule has 0 aliphatic carbocycles. The third kappa shape index (κ3) is 10.1. The van der Waals surface area contributed by atoms with Gasteiger partial charge in [-0.05, 0) is 86.7 Å². The number of carbonyl (C=O) groups is 1. The van der Waals surface area contributed by atoms with E-state index in [1.165, 1.54) is 0 Å².